The summed E-state index contributed by atoms with van der Waals surface area (Å²) in [6.07, 6.45) is 4.84. The summed E-state index contributed by atoms with van der Waals surface area (Å²) in [7, 11) is 0. The van der Waals surface area contributed by atoms with Gasteiger partial charge >= 0.3 is 6.09 Å². The molecule has 3 heterocycles. The first-order valence-corrected chi connectivity index (χ1v) is 8.70. The van der Waals surface area contributed by atoms with Crippen LogP contribution in [0.3, 0.4) is 0 Å². The molecule has 0 spiro atoms. The Bertz CT molecular complexity index is 584. The second-order valence-corrected chi connectivity index (χ2v) is 6.65. The molecule has 5 heteroatoms. The van der Waals surface area contributed by atoms with Crippen LogP contribution in [0, 0.1) is 0 Å². The van der Waals surface area contributed by atoms with Crippen molar-refractivity contribution in [2.24, 2.45) is 0 Å². The average molecular weight is 316 g/mol. The normalized spacial score (nSPS) is 25.3. The molecule has 1 amide bonds. The molecule has 1 aromatic carbocycles. The second-order valence-electron chi connectivity index (χ2n) is 6.65. The summed E-state index contributed by atoms with van der Waals surface area (Å²) in [5.41, 5.74) is 3.69. The molecule has 3 aliphatic rings. The van der Waals surface area contributed by atoms with Crippen molar-refractivity contribution in [3.8, 4) is 0 Å². The molecule has 23 heavy (non-hydrogen) atoms. The average Bonchev–Trinajstić information content (AvgIpc) is 3.01. The summed E-state index contributed by atoms with van der Waals surface area (Å²) < 4.78 is 11.0. The van der Waals surface area contributed by atoms with Gasteiger partial charge in [0.1, 0.15) is 6.61 Å². The lowest BCUT2D eigenvalue weighted by molar-refractivity contribution is -0.00799. The maximum absolute atomic E-state index is 11.9. The summed E-state index contributed by atoms with van der Waals surface area (Å²) in [6, 6.07) is 6.29. The van der Waals surface area contributed by atoms with Gasteiger partial charge in [0.25, 0.3) is 0 Å². The van der Waals surface area contributed by atoms with Crippen molar-refractivity contribution < 1.29 is 14.3 Å². The minimum absolute atomic E-state index is 0.212. The topological polar surface area (TPSA) is 42.0 Å². The molecule has 1 atom stereocenters. The maximum Gasteiger partial charge on any atom is 0.414 e. The van der Waals surface area contributed by atoms with Crippen LogP contribution in [0.1, 0.15) is 30.4 Å². The summed E-state index contributed by atoms with van der Waals surface area (Å²) in [5.74, 6) is 0. The molecule has 0 aromatic heterocycles. The molecule has 2 fully saturated rings. The van der Waals surface area contributed by atoms with Gasteiger partial charge in [0, 0.05) is 26.2 Å². The minimum atomic E-state index is -0.212. The molecule has 0 radical (unpaired) electrons. The number of ether oxygens (including phenoxy) is 2. The maximum atomic E-state index is 11.9. The molecule has 5 nitrogen and oxygen atoms in total. The zero-order valence-corrected chi connectivity index (χ0v) is 13.5. The number of carbonyl (C=O) groups excluding carboxylic acids is 1. The molecule has 1 aromatic rings. The molecule has 124 valence electrons. The van der Waals surface area contributed by atoms with Gasteiger partial charge in [-0.2, -0.15) is 0 Å². The number of rotatable bonds is 3. The molecular formula is C18H24N2O3. The van der Waals surface area contributed by atoms with Crippen LogP contribution in [0.25, 0.3) is 0 Å². The Kier molecular flexibility index (Phi) is 4.23. The third-order valence-corrected chi connectivity index (χ3v) is 5.11. The molecule has 0 aliphatic carbocycles. The van der Waals surface area contributed by atoms with Gasteiger partial charge in [-0.3, -0.25) is 9.80 Å². The lowest BCUT2D eigenvalue weighted by Crippen LogP contribution is -2.39. The number of hydrogen-bond donors (Lipinski definition) is 0. The van der Waals surface area contributed by atoms with Gasteiger partial charge < -0.3 is 9.47 Å². The Morgan fingerprint density at radius 2 is 2.13 bits per heavy atom. The Morgan fingerprint density at radius 3 is 2.91 bits per heavy atom. The fraction of sp³-hybridized carbons (Fsp3) is 0.611. The number of hydrogen-bond acceptors (Lipinski definition) is 4. The molecule has 0 saturated carbocycles. The number of nitrogens with zero attached hydrogens (tertiary/aromatic N) is 2. The van der Waals surface area contributed by atoms with Crippen LogP contribution in [0.2, 0.25) is 0 Å². The fourth-order valence-electron chi connectivity index (χ4n) is 3.91. The van der Waals surface area contributed by atoms with Gasteiger partial charge in [-0.25, -0.2) is 4.79 Å². The first kappa shape index (κ1) is 15.0. The molecule has 2 saturated heterocycles. The molecule has 3 aliphatic heterocycles. The van der Waals surface area contributed by atoms with Crippen molar-refractivity contribution in [3.63, 3.8) is 0 Å². The first-order chi connectivity index (χ1) is 11.3. The van der Waals surface area contributed by atoms with Crippen LogP contribution in [-0.2, 0) is 22.4 Å². The number of carbonyl (C=O) groups is 1. The summed E-state index contributed by atoms with van der Waals surface area (Å²) >= 11 is 0. The first-order valence-electron chi connectivity index (χ1n) is 8.70. The lowest BCUT2D eigenvalue weighted by atomic mass is 9.96. The quantitative estimate of drug-likeness (QED) is 0.859. The Balaban J connectivity index is 1.48. The van der Waals surface area contributed by atoms with Crippen molar-refractivity contribution in [2.75, 3.05) is 37.7 Å². The van der Waals surface area contributed by atoms with Crippen LogP contribution in [0.4, 0.5) is 10.5 Å². The zero-order valence-electron chi connectivity index (χ0n) is 13.5. The third-order valence-electron chi connectivity index (χ3n) is 5.11. The summed E-state index contributed by atoms with van der Waals surface area (Å²) in [6.45, 7) is 5.08. The summed E-state index contributed by atoms with van der Waals surface area (Å²) in [5, 5.41) is 0. The minimum Gasteiger partial charge on any atom is -0.447 e. The van der Waals surface area contributed by atoms with Crippen molar-refractivity contribution in [2.45, 2.75) is 38.3 Å². The van der Waals surface area contributed by atoms with Crippen molar-refractivity contribution >= 4 is 11.8 Å². The standard InChI is InChI=1S/C18H24N2O3/c21-18-20(9-11-23-18)17-6-3-4-14-12-19(8-7-16(14)17)13-15-5-1-2-10-22-15/h3-4,6,15H,1-2,5,7-13H2/t15-/m0/s1. The van der Waals surface area contributed by atoms with E-state index in [0.29, 0.717) is 19.3 Å². The van der Waals surface area contributed by atoms with E-state index in [1.165, 1.54) is 30.4 Å². The van der Waals surface area contributed by atoms with Crippen molar-refractivity contribution in [1.82, 2.24) is 4.90 Å². The van der Waals surface area contributed by atoms with Crippen LogP contribution >= 0.6 is 0 Å². The molecule has 0 bridgehead atoms. The third kappa shape index (κ3) is 3.08. The van der Waals surface area contributed by atoms with E-state index in [4.69, 9.17) is 9.47 Å². The molecule has 0 unspecified atom stereocenters. The zero-order chi connectivity index (χ0) is 15.6. The van der Waals surface area contributed by atoms with Crippen molar-refractivity contribution in [3.05, 3.63) is 29.3 Å². The Morgan fingerprint density at radius 1 is 1.17 bits per heavy atom. The van der Waals surface area contributed by atoms with E-state index < -0.39 is 0 Å². The van der Waals surface area contributed by atoms with Gasteiger partial charge in [-0.1, -0.05) is 12.1 Å². The fourth-order valence-corrected chi connectivity index (χ4v) is 3.91. The SMILES string of the molecule is O=C1OCCN1c1cccc2c1CCN(C[C@@H]1CCCCO1)C2. The molecule has 4 rings (SSSR count). The monoisotopic (exact) mass is 316 g/mol. The predicted molar refractivity (Wildman–Crippen MR) is 87.7 cm³/mol. The highest BCUT2D eigenvalue weighted by Crippen LogP contribution is 2.31. The van der Waals surface area contributed by atoms with Gasteiger partial charge in [0.05, 0.1) is 18.3 Å². The largest absolute Gasteiger partial charge is 0.447 e. The molecular weight excluding hydrogens is 292 g/mol. The van der Waals surface area contributed by atoms with E-state index in [-0.39, 0.29) is 6.09 Å². The Labute approximate surface area is 137 Å². The van der Waals surface area contributed by atoms with Crippen LogP contribution in [-0.4, -0.2) is 49.9 Å². The smallest absolute Gasteiger partial charge is 0.414 e. The van der Waals surface area contributed by atoms with Gasteiger partial charge in [0.2, 0.25) is 0 Å². The predicted octanol–water partition coefficient (Wildman–Crippen LogP) is 2.57. The van der Waals surface area contributed by atoms with E-state index >= 15 is 0 Å². The van der Waals surface area contributed by atoms with E-state index in [0.717, 1.165) is 38.3 Å². The highest BCUT2D eigenvalue weighted by Gasteiger charge is 2.29. The van der Waals surface area contributed by atoms with Crippen molar-refractivity contribution in [1.29, 1.82) is 0 Å². The van der Waals surface area contributed by atoms with Gasteiger partial charge in [-0.15, -0.1) is 0 Å². The Hall–Kier alpha value is -1.59. The van der Waals surface area contributed by atoms with E-state index in [9.17, 15) is 4.79 Å². The van der Waals surface area contributed by atoms with Gasteiger partial charge in [0.15, 0.2) is 0 Å². The van der Waals surface area contributed by atoms with E-state index in [1.807, 2.05) is 6.07 Å². The summed E-state index contributed by atoms with van der Waals surface area (Å²) in [4.78, 5) is 16.1. The number of benzene rings is 1. The van der Waals surface area contributed by atoms with Gasteiger partial charge in [-0.05, 0) is 42.9 Å². The van der Waals surface area contributed by atoms with E-state index in [2.05, 4.69) is 17.0 Å². The number of cyclic esters (lactones) is 1. The number of fused-ring (bicyclic) bond motifs is 1. The van der Waals surface area contributed by atoms with E-state index in [1.54, 1.807) is 4.90 Å². The number of anilines is 1. The number of amides is 1. The highest BCUT2D eigenvalue weighted by atomic mass is 16.6. The lowest BCUT2D eigenvalue weighted by Gasteiger charge is -2.34. The second kappa shape index (κ2) is 6.49. The highest BCUT2D eigenvalue weighted by molar-refractivity contribution is 5.90. The molecule has 0 N–H and O–H groups in total. The van der Waals surface area contributed by atoms with Crippen LogP contribution in [0.5, 0.6) is 0 Å². The van der Waals surface area contributed by atoms with Crippen LogP contribution < -0.4 is 4.90 Å². The van der Waals surface area contributed by atoms with Crippen LogP contribution in [0.15, 0.2) is 18.2 Å².